The number of hydrogen-bond donors (Lipinski definition) is 1. The van der Waals surface area contributed by atoms with Gasteiger partial charge in [-0.3, -0.25) is 4.79 Å². The number of sulfone groups is 1. The molecule has 1 saturated carbocycles. The van der Waals surface area contributed by atoms with Crippen LogP contribution in [0.4, 0.5) is 0 Å². The summed E-state index contributed by atoms with van der Waals surface area (Å²) in [6.07, 6.45) is -0.591. The van der Waals surface area contributed by atoms with Crippen LogP contribution in [0.5, 0.6) is 0 Å². The number of hydrogen-bond acceptors (Lipinski definition) is 4. The van der Waals surface area contributed by atoms with E-state index in [2.05, 4.69) is 0 Å². The van der Waals surface area contributed by atoms with Crippen molar-refractivity contribution in [3.05, 3.63) is 64.1 Å². The largest absolute Gasteiger partial charge is 0.481 e. The number of ether oxygens (including phenoxy) is 1. The Morgan fingerprint density at radius 1 is 1.07 bits per heavy atom. The van der Waals surface area contributed by atoms with Crippen molar-refractivity contribution in [3.63, 3.8) is 0 Å². The molecule has 1 aliphatic carbocycles. The molecule has 8 heteroatoms. The van der Waals surface area contributed by atoms with Crippen molar-refractivity contribution in [2.24, 2.45) is 5.92 Å². The van der Waals surface area contributed by atoms with Crippen molar-refractivity contribution in [2.45, 2.75) is 35.7 Å². The molecule has 0 spiro atoms. The van der Waals surface area contributed by atoms with Gasteiger partial charge in [0.05, 0.1) is 33.8 Å². The van der Waals surface area contributed by atoms with E-state index in [4.69, 9.17) is 27.9 Å². The lowest BCUT2D eigenvalue weighted by Gasteiger charge is -2.16. The molecule has 0 bridgehead atoms. The van der Waals surface area contributed by atoms with E-state index in [-0.39, 0.29) is 29.4 Å². The Hall–Kier alpha value is -1.60. The molecule has 0 unspecified atom stereocenters. The molecular formula is C19H18Cl2O5S. The third-order valence-electron chi connectivity index (χ3n) is 4.74. The molecule has 2 aromatic carbocycles. The van der Waals surface area contributed by atoms with Gasteiger partial charge in [0, 0.05) is 5.02 Å². The van der Waals surface area contributed by atoms with Gasteiger partial charge in [-0.1, -0.05) is 47.5 Å². The number of carboxylic acids is 1. The molecule has 2 aromatic rings. The van der Waals surface area contributed by atoms with Crippen molar-refractivity contribution < 1.29 is 23.1 Å². The SMILES string of the molecule is O=C(O)[C@@H]1C[C@@H](S(=O)(=O)c2ccccc2Cl)C[C@H]1OCc1ccc(Cl)cc1. The van der Waals surface area contributed by atoms with E-state index in [1.807, 2.05) is 0 Å². The smallest absolute Gasteiger partial charge is 0.309 e. The minimum absolute atomic E-state index is 0.00578. The first-order valence-corrected chi connectivity index (χ1v) is 10.7. The topological polar surface area (TPSA) is 80.7 Å². The van der Waals surface area contributed by atoms with Crippen LogP contribution in [0.3, 0.4) is 0 Å². The van der Waals surface area contributed by atoms with Gasteiger partial charge in [0.2, 0.25) is 0 Å². The fourth-order valence-electron chi connectivity index (χ4n) is 3.29. The van der Waals surface area contributed by atoms with Crippen molar-refractivity contribution in [1.82, 2.24) is 0 Å². The van der Waals surface area contributed by atoms with Gasteiger partial charge in [0.25, 0.3) is 0 Å². The van der Waals surface area contributed by atoms with Gasteiger partial charge in [-0.15, -0.1) is 0 Å². The van der Waals surface area contributed by atoms with Crippen LogP contribution >= 0.6 is 23.2 Å². The molecule has 3 atom stereocenters. The molecule has 0 aliphatic heterocycles. The van der Waals surface area contributed by atoms with Gasteiger partial charge in [0.15, 0.2) is 9.84 Å². The number of aliphatic carboxylic acids is 1. The van der Waals surface area contributed by atoms with Gasteiger partial charge in [0.1, 0.15) is 0 Å². The van der Waals surface area contributed by atoms with Crippen LogP contribution in [0.1, 0.15) is 18.4 Å². The third-order valence-corrected chi connectivity index (χ3v) is 7.66. The maximum atomic E-state index is 12.9. The quantitative estimate of drug-likeness (QED) is 0.744. The molecule has 0 heterocycles. The second kappa shape index (κ2) is 8.19. The van der Waals surface area contributed by atoms with Crippen molar-refractivity contribution in [3.8, 4) is 0 Å². The van der Waals surface area contributed by atoms with Crippen molar-refractivity contribution in [1.29, 1.82) is 0 Å². The minimum atomic E-state index is -3.75. The predicted octanol–water partition coefficient (Wildman–Crippen LogP) is 4.22. The molecular weight excluding hydrogens is 411 g/mol. The molecule has 5 nitrogen and oxygen atoms in total. The Morgan fingerprint density at radius 3 is 2.37 bits per heavy atom. The summed E-state index contributed by atoms with van der Waals surface area (Å²) in [6, 6.07) is 13.2. The third kappa shape index (κ3) is 4.46. The summed E-state index contributed by atoms with van der Waals surface area (Å²) in [5, 5.41) is 9.38. The van der Waals surface area contributed by atoms with Gasteiger partial charge in [-0.2, -0.15) is 0 Å². The highest BCUT2D eigenvalue weighted by Gasteiger charge is 2.45. The van der Waals surface area contributed by atoms with Gasteiger partial charge in [-0.25, -0.2) is 8.42 Å². The highest BCUT2D eigenvalue weighted by atomic mass is 35.5. The van der Waals surface area contributed by atoms with Crippen molar-refractivity contribution in [2.75, 3.05) is 0 Å². The monoisotopic (exact) mass is 428 g/mol. The summed E-state index contributed by atoms with van der Waals surface area (Å²) in [4.78, 5) is 11.7. The Kier molecular flexibility index (Phi) is 6.11. The number of carbonyl (C=O) groups is 1. The van der Waals surface area contributed by atoms with Gasteiger partial charge < -0.3 is 9.84 Å². The van der Waals surface area contributed by atoms with Gasteiger partial charge in [-0.05, 0) is 42.7 Å². The maximum Gasteiger partial charge on any atom is 0.309 e. The second-order valence-electron chi connectivity index (χ2n) is 6.49. The van der Waals surface area contributed by atoms with E-state index in [1.165, 1.54) is 12.1 Å². The van der Waals surface area contributed by atoms with Gasteiger partial charge >= 0.3 is 5.97 Å². The van der Waals surface area contributed by atoms with Crippen LogP contribution in [0.2, 0.25) is 10.0 Å². The molecule has 144 valence electrons. The molecule has 27 heavy (non-hydrogen) atoms. The fraction of sp³-hybridized carbons (Fsp3) is 0.316. The van der Waals surface area contributed by atoms with E-state index in [9.17, 15) is 18.3 Å². The first-order valence-electron chi connectivity index (χ1n) is 8.36. The second-order valence-corrected chi connectivity index (χ2v) is 9.53. The lowest BCUT2D eigenvalue weighted by Crippen LogP contribution is -2.25. The van der Waals surface area contributed by atoms with E-state index < -0.39 is 33.1 Å². The van der Waals surface area contributed by atoms with Crippen LogP contribution < -0.4 is 0 Å². The summed E-state index contributed by atoms with van der Waals surface area (Å²) in [6.45, 7) is 0.185. The first kappa shape index (κ1) is 20.1. The molecule has 1 fully saturated rings. The lowest BCUT2D eigenvalue weighted by molar-refractivity contribution is -0.146. The number of carboxylic acid groups (broad SMARTS) is 1. The molecule has 1 N–H and O–H groups in total. The zero-order chi connectivity index (χ0) is 19.6. The zero-order valence-electron chi connectivity index (χ0n) is 14.2. The van der Waals surface area contributed by atoms with Crippen LogP contribution in [0.15, 0.2) is 53.4 Å². The summed E-state index contributed by atoms with van der Waals surface area (Å²) in [5.41, 5.74) is 0.834. The zero-order valence-corrected chi connectivity index (χ0v) is 16.5. The molecule has 0 amide bonds. The Bertz CT molecular complexity index is 927. The number of rotatable bonds is 6. The van der Waals surface area contributed by atoms with Crippen LogP contribution in [0, 0.1) is 5.92 Å². The Balaban J connectivity index is 1.77. The average Bonchev–Trinajstić information content (AvgIpc) is 3.07. The minimum Gasteiger partial charge on any atom is -0.481 e. The van der Waals surface area contributed by atoms with Crippen LogP contribution in [-0.4, -0.2) is 30.8 Å². The summed E-state index contributed by atoms with van der Waals surface area (Å²) < 4.78 is 31.6. The summed E-state index contributed by atoms with van der Waals surface area (Å²) in [5.74, 6) is -1.95. The molecule has 3 rings (SSSR count). The maximum absolute atomic E-state index is 12.9. The molecule has 1 aliphatic rings. The van der Waals surface area contributed by atoms with E-state index >= 15 is 0 Å². The first-order chi connectivity index (χ1) is 12.8. The molecule has 0 radical (unpaired) electrons. The lowest BCUT2D eigenvalue weighted by atomic mass is 10.1. The molecule has 0 saturated heterocycles. The summed E-state index contributed by atoms with van der Waals surface area (Å²) in [7, 11) is -3.75. The van der Waals surface area contributed by atoms with E-state index in [0.717, 1.165) is 5.56 Å². The Morgan fingerprint density at radius 2 is 1.74 bits per heavy atom. The van der Waals surface area contributed by atoms with Crippen LogP contribution in [0.25, 0.3) is 0 Å². The highest BCUT2D eigenvalue weighted by molar-refractivity contribution is 7.92. The standard InChI is InChI=1S/C19H18Cl2O5S/c20-13-7-5-12(6-8-13)11-26-17-10-14(9-15(17)19(22)23)27(24,25)18-4-2-1-3-16(18)21/h1-8,14-15,17H,9-11H2,(H,22,23)/t14-,15-,17-/m1/s1. The van der Waals surface area contributed by atoms with E-state index in [1.54, 1.807) is 36.4 Å². The van der Waals surface area contributed by atoms with Crippen molar-refractivity contribution >= 4 is 39.0 Å². The summed E-state index contributed by atoms with van der Waals surface area (Å²) >= 11 is 11.9. The normalized spacial score (nSPS) is 22.7. The predicted molar refractivity (Wildman–Crippen MR) is 103 cm³/mol. The average molecular weight is 429 g/mol. The van der Waals surface area contributed by atoms with E-state index in [0.29, 0.717) is 5.02 Å². The van der Waals surface area contributed by atoms with Crippen LogP contribution in [-0.2, 0) is 26.0 Å². The Labute approximate surface area is 167 Å². The molecule has 0 aromatic heterocycles. The highest BCUT2D eigenvalue weighted by Crippen LogP contribution is 2.38. The number of halogens is 2. The fourth-order valence-corrected chi connectivity index (χ4v) is 5.75. The number of benzene rings is 2.